The Hall–Kier alpha value is -3.15. The summed E-state index contributed by atoms with van der Waals surface area (Å²) in [5.74, 6) is 0.170. The van der Waals surface area contributed by atoms with E-state index in [4.69, 9.17) is 11.6 Å². The van der Waals surface area contributed by atoms with Gasteiger partial charge in [-0.2, -0.15) is 0 Å². The first-order valence-corrected chi connectivity index (χ1v) is 12.9. The van der Waals surface area contributed by atoms with E-state index in [0.717, 1.165) is 49.4 Å². The minimum Gasteiger partial charge on any atom is -0.326 e. The Bertz CT molecular complexity index is 1390. The summed E-state index contributed by atoms with van der Waals surface area (Å²) >= 11 is 6.34. The second-order valence-corrected chi connectivity index (χ2v) is 10.4. The van der Waals surface area contributed by atoms with E-state index in [-0.39, 0.29) is 17.6 Å². The molecule has 2 heterocycles. The summed E-state index contributed by atoms with van der Waals surface area (Å²) in [4.78, 5) is 14.6. The lowest BCUT2D eigenvalue weighted by molar-refractivity contribution is -0.118. The standard InChI is InChI=1S/C30H31ClFN3O/c1-20(2)30(36)33-25-7-3-5-22(17-25)21-11-14-34(15-12-21)19-23-6-4-8-28-26(23)13-16-35(28)29-10-9-24(32)18-27(29)31/h3-10,13,16-18,20-21H,11-12,14-15,19H2,1-2H3,(H,33,36). The molecule has 0 spiro atoms. The topological polar surface area (TPSA) is 37.3 Å². The van der Waals surface area contributed by atoms with Crippen LogP contribution in [0.2, 0.25) is 5.02 Å². The number of rotatable bonds is 6. The molecule has 0 bridgehead atoms. The van der Waals surface area contributed by atoms with E-state index in [0.29, 0.717) is 10.9 Å². The third-order valence-electron chi connectivity index (χ3n) is 7.12. The molecule has 0 aliphatic carbocycles. The summed E-state index contributed by atoms with van der Waals surface area (Å²) < 4.78 is 15.6. The fourth-order valence-corrected chi connectivity index (χ4v) is 5.34. The minimum atomic E-state index is -0.337. The summed E-state index contributed by atoms with van der Waals surface area (Å²) in [7, 11) is 0. The molecule has 186 valence electrons. The molecule has 1 aliphatic rings. The van der Waals surface area contributed by atoms with Gasteiger partial charge >= 0.3 is 0 Å². The SMILES string of the molecule is CC(C)C(=O)Nc1cccc(C2CCN(Cc3cccc4c3ccn4-c3ccc(F)cc3Cl)CC2)c1. The summed E-state index contributed by atoms with van der Waals surface area (Å²) in [6.07, 6.45) is 4.18. The molecule has 1 N–H and O–H groups in total. The summed E-state index contributed by atoms with van der Waals surface area (Å²) in [5.41, 5.74) is 5.30. The fraction of sp³-hybridized carbons (Fsp3) is 0.300. The van der Waals surface area contributed by atoms with Crippen LogP contribution in [0.4, 0.5) is 10.1 Å². The molecule has 36 heavy (non-hydrogen) atoms. The van der Waals surface area contributed by atoms with E-state index in [1.54, 1.807) is 6.07 Å². The highest BCUT2D eigenvalue weighted by Gasteiger charge is 2.22. The number of carbonyl (C=O) groups excluding carboxylic acids is 1. The summed E-state index contributed by atoms with van der Waals surface area (Å²) in [6, 6.07) is 21.3. The highest BCUT2D eigenvalue weighted by atomic mass is 35.5. The van der Waals surface area contributed by atoms with Crippen molar-refractivity contribution in [3.05, 3.63) is 94.9 Å². The molecule has 1 aliphatic heterocycles. The zero-order valence-electron chi connectivity index (χ0n) is 20.7. The third kappa shape index (κ3) is 5.18. The van der Waals surface area contributed by atoms with E-state index in [1.165, 1.54) is 28.6 Å². The Morgan fingerprint density at radius 3 is 2.58 bits per heavy atom. The van der Waals surface area contributed by atoms with E-state index in [2.05, 4.69) is 46.6 Å². The first-order valence-electron chi connectivity index (χ1n) is 12.6. The van der Waals surface area contributed by atoms with Crippen molar-refractivity contribution in [2.75, 3.05) is 18.4 Å². The predicted molar refractivity (Wildman–Crippen MR) is 145 cm³/mol. The Morgan fingerprint density at radius 2 is 1.83 bits per heavy atom. The molecule has 1 fully saturated rings. The maximum Gasteiger partial charge on any atom is 0.226 e. The zero-order valence-corrected chi connectivity index (χ0v) is 21.4. The Morgan fingerprint density at radius 1 is 1.06 bits per heavy atom. The van der Waals surface area contributed by atoms with Crippen molar-refractivity contribution >= 4 is 34.1 Å². The van der Waals surface area contributed by atoms with Crippen LogP contribution >= 0.6 is 11.6 Å². The largest absolute Gasteiger partial charge is 0.326 e. The highest BCUT2D eigenvalue weighted by Crippen LogP contribution is 2.32. The maximum atomic E-state index is 13.5. The van der Waals surface area contributed by atoms with Gasteiger partial charge in [0.2, 0.25) is 5.91 Å². The van der Waals surface area contributed by atoms with Gasteiger partial charge in [-0.15, -0.1) is 0 Å². The number of carbonyl (C=O) groups is 1. The maximum absolute atomic E-state index is 13.5. The van der Waals surface area contributed by atoms with Gasteiger partial charge in [-0.1, -0.05) is 49.7 Å². The molecular weight excluding hydrogens is 473 g/mol. The fourth-order valence-electron chi connectivity index (χ4n) is 5.08. The number of piperidine rings is 1. The molecule has 1 amide bonds. The van der Waals surface area contributed by atoms with Gasteiger partial charge in [0.25, 0.3) is 0 Å². The van der Waals surface area contributed by atoms with Gasteiger partial charge in [0.1, 0.15) is 5.82 Å². The quantitative estimate of drug-likeness (QED) is 0.297. The summed E-state index contributed by atoms with van der Waals surface area (Å²) in [6.45, 7) is 6.74. The number of anilines is 1. The number of benzene rings is 3. The minimum absolute atomic E-state index is 0.0362. The van der Waals surface area contributed by atoms with Gasteiger partial charge in [0.05, 0.1) is 16.2 Å². The first kappa shape index (κ1) is 24.5. The van der Waals surface area contributed by atoms with Crippen molar-refractivity contribution in [1.82, 2.24) is 9.47 Å². The van der Waals surface area contributed by atoms with E-state index < -0.39 is 0 Å². The van der Waals surface area contributed by atoms with Crippen LogP contribution in [0.1, 0.15) is 43.7 Å². The molecule has 0 saturated carbocycles. The Labute approximate surface area is 216 Å². The van der Waals surface area contributed by atoms with Crippen molar-refractivity contribution in [3.63, 3.8) is 0 Å². The lowest BCUT2D eigenvalue weighted by atomic mass is 9.89. The molecule has 4 aromatic rings. The number of aromatic nitrogens is 1. The van der Waals surface area contributed by atoms with Crippen LogP contribution in [-0.4, -0.2) is 28.5 Å². The number of hydrogen-bond acceptors (Lipinski definition) is 2. The normalized spacial score (nSPS) is 15.0. The molecule has 5 rings (SSSR count). The molecule has 0 unspecified atom stereocenters. The second-order valence-electron chi connectivity index (χ2n) is 9.95. The summed E-state index contributed by atoms with van der Waals surface area (Å²) in [5, 5.41) is 4.61. The van der Waals surface area contributed by atoms with Crippen LogP contribution in [0.15, 0.2) is 72.9 Å². The van der Waals surface area contributed by atoms with Gasteiger partial charge in [-0.3, -0.25) is 9.69 Å². The smallest absolute Gasteiger partial charge is 0.226 e. The number of halogens is 2. The molecular formula is C30H31ClFN3O. The van der Waals surface area contributed by atoms with Crippen molar-refractivity contribution in [3.8, 4) is 5.69 Å². The molecule has 3 aromatic carbocycles. The van der Waals surface area contributed by atoms with Gasteiger partial charge in [-0.05, 0) is 85.4 Å². The average molecular weight is 504 g/mol. The van der Waals surface area contributed by atoms with Crippen LogP contribution in [0.25, 0.3) is 16.6 Å². The monoisotopic (exact) mass is 503 g/mol. The second kappa shape index (κ2) is 10.5. The van der Waals surface area contributed by atoms with Crippen LogP contribution < -0.4 is 5.32 Å². The lowest BCUT2D eigenvalue weighted by Gasteiger charge is -2.32. The molecule has 0 atom stereocenters. The molecule has 1 saturated heterocycles. The Kier molecular flexibility index (Phi) is 7.13. The number of nitrogens with zero attached hydrogens (tertiary/aromatic N) is 2. The van der Waals surface area contributed by atoms with Crippen LogP contribution in [-0.2, 0) is 11.3 Å². The number of likely N-dealkylation sites (tertiary alicyclic amines) is 1. The Balaban J connectivity index is 1.27. The average Bonchev–Trinajstić information content (AvgIpc) is 3.29. The number of nitrogens with one attached hydrogen (secondary N) is 1. The molecule has 4 nitrogen and oxygen atoms in total. The molecule has 6 heteroatoms. The van der Waals surface area contributed by atoms with E-state index in [9.17, 15) is 9.18 Å². The van der Waals surface area contributed by atoms with Crippen LogP contribution in [0.3, 0.4) is 0 Å². The third-order valence-corrected chi connectivity index (χ3v) is 7.43. The van der Waals surface area contributed by atoms with Crippen molar-refractivity contribution in [2.45, 2.75) is 39.2 Å². The first-order chi connectivity index (χ1) is 17.4. The molecule has 0 radical (unpaired) electrons. The van der Waals surface area contributed by atoms with E-state index in [1.807, 2.05) is 36.7 Å². The number of hydrogen-bond donors (Lipinski definition) is 1. The number of fused-ring (bicyclic) bond motifs is 1. The van der Waals surface area contributed by atoms with Gasteiger partial charge in [-0.25, -0.2) is 4.39 Å². The van der Waals surface area contributed by atoms with E-state index >= 15 is 0 Å². The van der Waals surface area contributed by atoms with Gasteiger partial charge < -0.3 is 9.88 Å². The van der Waals surface area contributed by atoms with Crippen LogP contribution in [0, 0.1) is 11.7 Å². The van der Waals surface area contributed by atoms with Crippen LogP contribution in [0.5, 0.6) is 0 Å². The van der Waals surface area contributed by atoms with Gasteiger partial charge in [0.15, 0.2) is 0 Å². The highest BCUT2D eigenvalue weighted by molar-refractivity contribution is 6.32. The van der Waals surface area contributed by atoms with Gasteiger partial charge in [0, 0.05) is 29.7 Å². The zero-order chi connectivity index (χ0) is 25.2. The predicted octanol–water partition coefficient (Wildman–Crippen LogP) is 7.40. The van der Waals surface area contributed by atoms with Crippen molar-refractivity contribution in [1.29, 1.82) is 0 Å². The molecule has 1 aromatic heterocycles. The number of amides is 1. The van der Waals surface area contributed by atoms with Crippen molar-refractivity contribution < 1.29 is 9.18 Å². The van der Waals surface area contributed by atoms with Crippen molar-refractivity contribution in [2.24, 2.45) is 5.92 Å². The lowest BCUT2D eigenvalue weighted by Crippen LogP contribution is -2.32.